The van der Waals surface area contributed by atoms with Gasteiger partial charge in [-0.3, -0.25) is 4.79 Å². The number of likely N-dealkylation sites (tertiary alicyclic amines) is 1. The largest absolute Gasteiger partial charge is 0.480 e. The Morgan fingerprint density at radius 1 is 1.55 bits per heavy atom. The summed E-state index contributed by atoms with van der Waals surface area (Å²) in [4.78, 5) is 18.6. The third-order valence-corrected chi connectivity index (χ3v) is 4.19. The zero-order valence-electron chi connectivity index (χ0n) is 11.9. The lowest BCUT2D eigenvalue weighted by Crippen LogP contribution is -2.44. The van der Waals surface area contributed by atoms with Crippen LogP contribution in [0, 0.1) is 5.92 Å². The molecule has 0 spiro atoms. The molecule has 2 saturated heterocycles. The van der Waals surface area contributed by atoms with Gasteiger partial charge in [-0.25, -0.2) is 4.98 Å². The van der Waals surface area contributed by atoms with Gasteiger partial charge in [-0.2, -0.15) is 0 Å². The molecular formula is C15H20N2O3. The first-order valence-corrected chi connectivity index (χ1v) is 7.12. The fourth-order valence-corrected chi connectivity index (χ4v) is 3.27. The number of carbonyl (C=O) groups excluding carboxylic acids is 1. The van der Waals surface area contributed by atoms with Gasteiger partial charge in [0.05, 0.1) is 19.3 Å². The van der Waals surface area contributed by atoms with Crippen LogP contribution in [0.4, 0.5) is 0 Å². The van der Waals surface area contributed by atoms with E-state index in [0.717, 1.165) is 25.9 Å². The molecule has 3 heterocycles. The van der Waals surface area contributed by atoms with E-state index in [1.807, 2.05) is 4.90 Å². The van der Waals surface area contributed by atoms with Crippen molar-refractivity contribution in [3.05, 3.63) is 23.9 Å². The molecule has 1 aromatic rings. The van der Waals surface area contributed by atoms with Crippen LogP contribution in [0.2, 0.25) is 0 Å². The third kappa shape index (κ3) is 2.38. The van der Waals surface area contributed by atoms with Crippen LogP contribution >= 0.6 is 0 Å². The maximum absolute atomic E-state index is 12.6. The highest BCUT2D eigenvalue weighted by Gasteiger charge is 2.39. The van der Waals surface area contributed by atoms with E-state index in [-0.39, 0.29) is 5.91 Å². The van der Waals surface area contributed by atoms with Crippen LogP contribution in [-0.2, 0) is 4.74 Å². The molecule has 0 aromatic carbocycles. The molecule has 1 aromatic heterocycles. The van der Waals surface area contributed by atoms with Crippen molar-refractivity contribution in [3.8, 4) is 5.88 Å². The summed E-state index contributed by atoms with van der Waals surface area (Å²) in [6.45, 7) is 3.62. The Hall–Kier alpha value is -1.62. The highest BCUT2D eigenvalue weighted by Crippen LogP contribution is 2.33. The fraction of sp³-hybridized carbons (Fsp3) is 0.600. The number of hydrogen-bond donors (Lipinski definition) is 0. The molecule has 5 heteroatoms. The molecule has 2 fully saturated rings. The lowest BCUT2D eigenvalue weighted by molar-refractivity contribution is 0.00857. The van der Waals surface area contributed by atoms with Gasteiger partial charge in [-0.05, 0) is 31.9 Å². The lowest BCUT2D eigenvalue weighted by Gasteiger charge is -2.34. The molecule has 0 saturated carbocycles. The van der Waals surface area contributed by atoms with Crippen LogP contribution in [0.5, 0.6) is 5.88 Å². The van der Waals surface area contributed by atoms with Gasteiger partial charge in [0, 0.05) is 25.2 Å². The smallest absolute Gasteiger partial charge is 0.259 e. The molecule has 0 unspecified atom stereocenters. The molecule has 2 aliphatic heterocycles. The van der Waals surface area contributed by atoms with Crippen LogP contribution in [0.3, 0.4) is 0 Å². The standard InChI is InChI=1S/C15H20N2O3/c1-10-8-11-9-17(7-5-13(11)20-10)15(18)12-4-3-6-16-14(12)19-2/h3-4,6,10-11,13H,5,7-9H2,1-2H3/t10-,11-,13+/m1/s1. The molecule has 0 bridgehead atoms. The Morgan fingerprint density at radius 3 is 3.20 bits per heavy atom. The minimum absolute atomic E-state index is 0.00736. The maximum Gasteiger partial charge on any atom is 0.259 e. The van der Waals surface area contributed by atoms with E-state index in [0.29, 0.717) is 29.6 Å². The molecule has 20 heavy (non-hydrogen) atoms. The average molecular weight is 276 g/mol. The summed E-state index contributed by atoms with van der Waals surface area (Å²) < 4.78 is 11.0. The zero-order chi connectivity index (χ0) is 14.1. The predicted molar refractivity (Wildman–Crippen MR) is 73.8 cm³/mol. The number of aromatic nitrogens is 1. The zero-order valence-corrected chi connectivity index (χ0v) is 11.9. The number of piperidine rings is 1. The summed E-state index contributed by atoms with van der Waals surface area (Å²) in [5.41, 5.74) is 0.542. The Bertz CT molecular complexity index is 506. The Morgan fingerprint density at radius 2 is 2.40 bits per heavy atom. The summed E-state index contributed by atoms with van der Waals surface area (Å²) in [7, 11) is 1.54. The van der Waals surface area contributed by atoms with Crippen LogP contribution in [-0.4, -0.2) is 48.2 Å². The normalized spacial score (nSPS) is 29.1. The molecule has 0 radical (unpaired) electrons. The van der Waals surface area contributed by atoms with Gasteiger partial charge in [-0.1, -0.05) is 0 Å². The summed E-state index contributed by atoms with van der Waals surface area (Å²) in [6.07, 6.45) is 4.23. The second-order valence-electron chi connectivity index (χ2n) is 5.58. The molecule has 3 atom stereocenters. The summed E-state index contributed by atoms with van der Waals surface area (Å²) in [5, 5.41) is 0. The first-order valence-electron chi connectivity index (χ1n) is 7.12. The molecule has 1 amide bonds. The van der Waals surface area contributed by atoms with Crippen LogP contribution < -0.4 is 4.74 Å². The molecule has 3 rings (SSSR count). The number of rotatable bonds is 2. The van der Waals surface area contributed by atoms with Crippen molar-refractivity contribution >= 4 is 5.91 Å². The van der Waals surface area contributed by atoms with Crippen molar-refractivity contribution < 1.29 is 14.3 Å². The average Bonchev–Trinajstić information content (AvgIpc) is 2.85. The van der Waals surface area contributed by atoms with E-state index in [1.54, 1.807) is 18.3 Å². The van der Waals surface area contributed by atoms with Gasteiger partial charge < -0.3 is 14.4 Å². The highest BCUT2D eigenvalue weighted by atomic mass is 16.5. The van der Waals surface area contributed by atoms with E-state index in [4.69, 9.17) is 9.47 Å². The quantitative estimate of drug-likeness (QED) is 0.825. The number of fused-ring (bicyclic) bond motifs is 1. The Kier molecular flexibility index (Phi) is 3.61. The fourth-order valence-electron chi connectivity index (χ4n) is 3.27. The molecule has 0 N–H and O–H groups in total. The predicted octanol–water partition coefficient (Wildman–Crippen LogP) is 1.73. The first kappa shape index (κ1) is 13.4. The number of amides is 1. The summed E-state index contributed by atoms with van der Waals surface area (Å²) in [6, 6.07) is 3.54. The number of methoxy groups -OCH3 is 1. The van der Waals surface area contributed by atoms with Crippen molar-refractivity contribution in [1.82, 2.24) is 9.88 Å². The van der Waals surface area contributed by atoms with Crippen molar-refractivity contribution in [2.45, 2.75) is 32.0 Å². The van der Waals surface area contributed by atoms with E-state index in [2.05, 4.69) is 11.9 Å². The van der Waals surface area contributed by atoms with Gasteiger partial charge in [-0.15, -0.1) is 0 Å². The molecule has 5 nitrogen and oxygen atoms in total. The minimum Gasteiger partial charge on any atom is -0.480 e. The van der Waals surface area contributed by atoms with Gasteiger partial charge in [0.2, 0.25) is 5.88 Å². The van der Waals surface area contributed by atoms with Gasteiger partial charge in [0.1, 0.15) is 5.56 Å². The number of hydrogen-bond acceptors (Lipinski definition) is 4. The number of ether oxygens (including phenoxy) is 2. The van der Waals surface area contributed by atoms with Crippen molar-refractivity contribution in [1.29, 1.82) is 0 Å². The van der Waals surface area contributed by atoms with Crippen molar-refractivity contribution in [2.75, 3.05) is 20.2 Å². The SMILES string of the molecule is COc1ncccc1C(=O)N1CC[C@@H]2O[C@H](C)C[C@@H]2C1. The maximum atomic E-state index is 12.6. The molecule has 0 aliphatic carbocycles. The molecule has 2 aliphatic rings. The van der Waals surface area contributed by atoms with Crippen molar-refractivity contribution in [3.63, 3.8) is 0 Å². The second-order valence-corrected chi connectivity index (χ2v) is 5.58. The minimum atomic E-state index is 0.00736. The van der Waals surface area contributed by atoms with Crippen molar-refractivity contribution in [2.24, 2.45) is 5.92 Å². The number of nitrogens with zero attached hydrogens (tertiary/aromatic N) is 2. The Balaban J connectivity index is 1.75. The van der Waals surface area contributed by atoms with E-state index < -0.39 is 0 Å². The summed E-state index contributed by atoms with van der Waals surface area (Å²) >= 11 is 0. The van der Waals surface area contributed by atoms with Gasteiger partial charge >= 0.3 is 0 Å². The number of carbonyl (C=O) groups is 1. The Labute approximate surface area is 118 Å². The molecular weight excluding hydrogens is 256 g/mol. The van der Waals surface area contributed by atoms with Gasteiger partial charge in [0.25, 0.3) is 5.91 Å². The topological polar surface area (TPSA) is 51.7 Å². The number of pyridine rings is 1. The van der Waals surface area contributed by atoms with E-state index in [9.17, 15) is 4.79 Å². The monoisotopic (exact) mass is 276 g/mol. The van der Waals surface area contributed by atoms with Crippen LogP contribution in [0.25, 0.3) is 0 Å². The van der Waals surface area contributed by atoms with E-state index in [1.165, 1.54) is 7.11 Å². The van der Waals surface area contributed by atoms with E-state index >= 15 is 0 Å². The third-order valence-electron chi connectivity index (χ3n) is 4.19. The molecule has 108 valence electrons. The summed E-state index contributed by atoms with van der Waals surface area (Å²) in [5.74, 6) is 0.869. The highest BCUT2D eigenvalue weighted by molar-refractivity contribution is 5.96. The lowest BCUT2D eigenvalue weighted by atomic mass is 9.92. The van der Waals surface area contributed by atoms with Crippen LogP contribution in [0.15, 0.2) is 18.3 Å². The van der Waals surface area contributed by atoms with Crippen LogP contribution in [0.1, 0.15) is 30.1 Å². The van der Waals surface area contributed by atoms with Gasteiger partial charge in [0.15, 0.2) is 0 Å². The second kappa shape index (κ2) is 5.40. The first-order chi connectivity index (χ1) is 9.69.